The molecule has 0 amide bonds. The van der Waals surface area contributed by atoms with Gasteiger partial charge in [0, 0.05) is 11.6 Å². The Morgan fingerprint density at radius 2 is 1.66 bits per heavy atom. The number of carboxylic acid groups (broad SMARTS) is 1. The SMILES string of the molecule is CC(C)(C)OC(=O)n1cc(C[C@H](CC(=O)OCc2ccccc2)C(=O)O)c2ccccc21. The number of nitrogens with zero attached hydrogens (tertiary/aromatic N) is 1. The van der Waals surface area contributed by atoms with Crippen molar-refractivity contribution in [2.45, 2.75) is 45.8 Å². The van der Waals surface area contributed by atoms with Crippen LogP contribution >= 0.6 is 0 Å². The maximum absolute atomic E-state index is 12.7. The van der Waals surface area contributed by atoms with Gasteiger partial charge in [-0.3, -0.25) is 14.2 Å². The topological polar surface area (TPSA) is 94.8 Å². The van der Waals surface area contributed by atoms with Crippen LogP contribution in [-0.2, 0) is 32.1 Å². The highest BCUT2D eigenvalue weighted by Gasteiger charge is 2.26. The highest BCUT2D eigenvalue weighted by Crippen LogP contribution is 2.26. The summed E-state index contributed by atoms with van der Waals surface area (Å²) in [6.45, 7) is 5.42. The number of carboxylic acids is 1. The standard InChI is InChI=1S/C25H27NO6/c1-25(2,3)32-24(30)26-15-19(20-11-7-8-12-21(20)26)13-18(23(28)29)14-22(27)31-16-17-9-5-4-6-10-17/h4-12,15,18H,13-14,16H2,1-3H3,(H,28,29)/t18-/m1/s1. The summed E-state index contributed by atoms with van der Waals surface area (Å²) in [6, 6.07) is 16.4. The second kappa shape index (κ2) is 9.68. The first-order chi connectivity index (χ1) is 15.1. The van der Waals surface area contributed by atoms with E-state index in [1.807, 2.05) is 42.5 Å². The molecule has 0 fully saturated rings. The molecule has 0 bridgehead atoms. The van der Waals surface area contributed by atoms with Crippen molar-refractivity contribution >= 4 is 28.9 Å². The van der Waals surface area contributed by atoms with E-state index in [9.17, 15) is 19.5 Å². The lowest BCUT2D eigenvalue weighted by molar-refractivity contribution is -0.152. The fourth-order valence-electron chi connectivity index (χ4n) is 3.39. The highest BCUT2D eigenvalue weighted by atomic mass is 16.6. The molecule has 0 aliphatic heterocycles. The fourth-order valence-corrected chi connectivity index (χ4v) is 3.39. The Hall–Kier alpha value is -3.61. The molecule has 7 heteroatoms. The predicted octanol–water partition coefficient (Wildman–Crippen LogP) is 4.80. The van der Waals surface area contributed by atoms with Gasteiger partial charge in [-0.2, -0.15) is 0 Å². The Morgan fingerprint density at radius 1 is 1.00 bits per heavy atom. The van der Waals surface area contributed by atoms with Gasteiger partial charge in [0.05, 0.1) is 17.9 Å². The Morgan fingerprint density at radius 3 is 2.31 bits per heavy atom. The number of ether oxygens (including phenoxy) is 2. The van der Waals surface area contributed by atoms with Gasteiger partial charge in [-0.25, -0.2) is 4.79 Å². The summed E-state index contributed by atoms with van der Waals surface area (Å²) < 4.78 is 12.1. The third kappa shape index (κ3) is 5.97. The molecule has 0 spiro atoms. The van der Waals surface area contributed by atoms with E-state index in [1.165, 1.54) is 4.57 Å². The number of benzene rings is 2. The van der Waals surface area contributed by atoms with Crippen LogP contribution < -0.4 is 0 Å². The quantitative estimate of drug-likeness (QED) is 0.534. The van der Waals surface area contributed by atoms with Gasteiger partial charge in [0.1, 0.15) is 12.2 Å². The zero-order valence-electron chi connectivity index (χ0n) is 18.4. The maximum Gasteiger partial charge on any atom is 0.419 e. The minimum absolute atomic E-state index is 0.0755. The minimum Gasteiger partial charge on any atom is -0.481 e. The molecule has 3 rings (SSSR count). The van der Waals surface area contributed by atoms with Crippen molar-refractivity contribution in [3.8, 4) is 0 Å². The van der Waals surface area contributed by atoms with Gasteiger partial charge in [-0.1, -0.05) is 48.5 Å². The molecule has 0 saturated heterocycles. The summed E-state index contributed by atoms with van der Waals surface area (Å²) >= 11 is 0. The lowest BCUT2D eigenvalue weighted by atomic mass is 9.96. The second-order valence-electron chi connectivity index (χ2n) is 8.61. The molecule has 0 unspecified atom stereocenters. The summed E-state index contributed by atoms with van der Waals surface area (Å²) in [4.78, 5) is 36.8. The van der Waals surface area contributed by atoms with Crippen molar-refractivity contribution in [2.24, 2.45) is 5.92 Å². The van der Waals surface area contributed by atoms with Gasteiger partial charge in [0.15, 0.2) is 0 Å². The summed E-state index contributed by atoms with van der Waals surface area (Å²) in [5.41, 5.74) is 1.42. The molecule has 3 aromatic rings. The van der Waals surface area contributed by atoms with E-state index >= 15 is 0 Å². The minimum atomic E-state index is -1.10. The van der Waals surface area contributed by atoms with Crippen LogP contribution in [0.4, 0.5) is 4.79 Å². The predicted molar refractivity (Wildman–Crippen MR) is 119 cm³/mol. The molecule has 7 nitrogen and oxygen atoms in total. The number of carbonyl (C=O) groups excluding carboxylic acids is 2. The number of aliphatic carboxylic acids is 1. The fraction of sp³-hybridized carbons (Fsp3) is 0.320. The number of hydrogen-bond donors (Lipinski definition) is 1. The van der Waals surface area contributed by atoms with E-state index in [1.54, 1.807) is 39.1 Å². The van der Waals surface area contributed by atoms with Crippen molar-refractivity contribution in [1.29, 1.82) is 0 Å². The average molecular weight is 437 g/mol. The summed E-state index contributed by atoms with van der Waals surface area (Å²) in [6.07, 6.45) is 0.846. The Bertz CT molecular complexity index is 1110. The third-order valence-electron chi connectivity index (χ3n) is 4.86. The van der Waals surface area contributed by atoms with Crippen LogP contribution in [0.15, 0.2) is 60.8 Å². The molecular formula is C25H27NO6. The normalized spacial score (nSPS) is 12.3. The summed E-state index contributed by atoms with van der Waals surface area (Å²) in [5.74, 6) is -2.68. The lowest BCUT2D eigenvalue weighted by Crippen LogP contribution is -2.26. The molecule has 2 aromatic carbocycles. The van der Waals surface area contributed by atoms with Crippen LogP contribution in [0.2, 0.25) is 0 Å². The van der Waals surface area contributed by atoms with Gasteiger partial charge >= 0.3 is 18.0 Å². The Labute approximate surface area is 186 Å². The average Bonchev–Trinajstić information content (AvgIpc) is 3.10. The molecule has 1 atom stereocenters. The molecular weight excluding hydrogens is 410 g/mol. The van der Waals surface area contributed by atoms with Crippen molar-refractivity contribution in [1.82, 2.24) is 4.57 Å². The number of rotatable bonds is 7. The number of hydrogen-bond acceptors (Lipinski definition) is 5. The first-order valence-electron chi connectivity index (χ1n) is 10.4. The maximum atomic E-state index is 12.7. The van der Waals surface area contributed by atoms with Gasteiger partial charge in [0.2, 0.25) is 0 Å². The number of fused-ring (bicyclic) bond motifs is 1. The van der Waals surface area contributed by atoms with Crippen molar-refractivity contribution in [3.05, 3.63) is 71.9 Å². The van der Waals surface area contributed by atoms with Crippen LogP contribution in [0.1, 0.15) is 38.3 Å². The third-order valence-corrected chi connectivity index (χ3v) is 4.86. The van der Waals surface area contributed by atoms with Gasteiger partial charge in [0.25, 0.3) is 0 Å². The molecule has 0 radical (unpaired) electrons. The van der Waals surface area contributed by atoms with Gasteiger partial charge in [-0.15, -0.1) is 0 Å². The number of aromatic nitrogens is 1. The van der Waals surface area contributed by atoms with E-state index in [4.69, 9.17) is 9.47 Å². The van der Waals surface area contributed by atoms with Gasteiger partial charge in [-0.05, 0) is 44.4 Å². The molecule has 168 valence electrons. The van der Waals surface area contributed by atoms with E-state index in [2.05, 4.69) is 0 Å². The Balaban J connectivity index is 1.77. The molecule has 1 heterocycles. The van der Waals surface area contributed by atoms with Crippen LogP contribution in [0.25, 0.3) is 10.9 Å². The monoisotopic (exact) mass is 437 g/mol. The van der Waals surface area contributed by atoms with E-state index in [-0.39, 0.29) is 19.4 Å². The van der Waals surface area contributed by atoms with E-state index in [0.717, 1.165) is 10.9 Å². The first kappa shape index (κ1) is 23.1. The van der Waals surface area contributed by atoms with Gasteiger partial charge < -0.3 is 14.6 Å². The number of esters is 1. The van der Waals surface area contributed by atoms with Crippen LogP contribution in [-0.4, -0.2) is 33.3 Å². The Kier molecular flexibility index (Phi) is 6.98. The zero-order valence-corrected chi connectivity index (χ0v) is 18.4. The first-order valence-corrected chi connectivity index (χ1v) is 10.4. The zero-order chi connectivity index (χ0) is 23.3. The second-order valence-corrected chi connectivity index (χ2v) is 8.61. The smallest absolute Gasteiger partial charge is 0.419 e. The van der Waals surface area contributed by atoms with Crippen LogP contribution in [0.5, 0.6) is 0 Å². The van der Waals surface area contributed by atoms with Crippen molar-refractivity contribution in [3.63, 3.8) is 0 Å². The van der Waals surface area contributed by atoms with Crippen molar-refractivity contribution < 1.29 is 29.0 Å². The lowest BCUT2D eigenvalue weighted by Gasteiger charge is -2.19. The molecule has 0 aliphatic rings. The molecule has 1 aromatic heterocycles. The molecule has 0 aliphatic carbocycles. The number of para-hydroxylation sites is 1. The highest BCUT2D eigenvalue weighted by molar-refractivity contribution is 5.92. The number of carbonyl (C=O) groups is 3. The summed E-state index contributed by atoms with van der Waals surface area (Å²) in [7, 11) is 0. The molecule has 0 saturated carbocycles. The van der Waals surface area contributed by atoms with Crippen molar-refractivity contribution in [2.75, 3.05) is 0 Å². The summed E-state index contributed by atoms with van der Waals surface area (Å²) in [5, 5.41) is 10.4. The molecule has 1 N–H and O–H groups in total. The van der Waals surface area contributed by atoms with Crippen LogP contribution in [0.3, 0.4) is 0 Å². The molecule has 32 heavy (non-hydrogen) atoms. The van der Waals surface area contributed by atoms with E-state index in [0.29, 0.717) is 11.1 Å². The largest absolute Gasteiger partial charge is 0.481 e. The van der Waals surface area contributed by atoms with E-state index < -0.39 is 29.6 Å². The van der Waals surface area contributed by atoms with Crippen LogP contribution in [0, 0.1) is 5.92 Å².